The van der Waals surface area contributed by atoms with E-state index >= 15 is 0 Å². The minimum atomic E-state index is -1.06. The normalized spacial score (nSPS) is 16.9. The number of aliphatic carboxylic acids is 1. The third-order valence-corrected chi connectivity index (χ3v) is 5.71. The quantitative estimate of drug-likeness (QED) is 0.515. The summed E-state index contributed by atoms with van der Waals surface area (Å²) in [5, 5.41) is 9.49. The van der Waals surface area contributed by atoms with Gasteiger partial charge in [-0.1, -0.05) is 24.0 Å². The smallest absolute Gasteiger partial charge is 0.326 e. The number of thioether (sulfide) groups is 2. The zero-order valence-electron chi connectivity index (χ0n) is 14.6. The number of carboxylic acid groups (broad SMARTS) is 1. The Morgan fingerprint density at radius 3 is 2.73 bits per heavy atom. The van der Waals surface area contributed by atoms with Crippen molar-refractivity contribution in [1.82, 2.24) is 4.90 Å². The third-order valence-electron chi connectivity index (χ3n) is 3.74. The number of carbonyl (C=O) groups excluding carboxylic acids is 1. The molecule has 0 bridgehead atoms. The molecule has 0 aromatic heterocycles. The fourth-order valence-corrected chi connectivity index (χ4v) is 4.24. The van der Waals surface area contributed by atoms with Gasteiger partial charge in [0.2, 0.25) is 0 Å². The highest BCUT2D eigenvalue weighted by Gasteiger charge is 2.40. The van der Waals surface area contributed by atoms with Crippen LogP contribution in [0.2, 0.25) is 0 Å². The molecule has 140 valence electrons. The zero-order valence-corrected chi connectivity index (χ0v) is 17.0. The molecule has 1 fully saturated rings. The van der Waals surface area contributed by atoms with Gasteiger partial charge in [-0.15, -0.1) is 0 Å². The zero-order chi connectivity index (χ0) is 19.3. The molecule has 1 aliphatic heterocycles. The molecule has 1 aromatic rings. The average Bonchev–Trinajstić information content (AvgIpc) is 2.89. The van der Waals surface area contributed by atoms with Gasteiger partial charge in [0.25, 0.3) is 5.91 Å². The average molecular weight is 414 g/mol. The number of ether oxygens (including phenoxy) is 2. The van der Waals surface area contributed by atoms with Crippen LogP contribution in [0.3, 0.4) is 0 Å². The minimum Gasteiger partial charge on any atom is -0.497 e. The molecular formula is C17H19NO5S3. The van der Waals surface area contributed by atoms with Crippen LogP contribution in [-0.2, 0) is 9.59 Å². The van der Waals surface area contributed by atoms with E-state index in [0.29, 0.717) is 34.1 Å². The second kappa shape index (κ2) is 9.29. The van der Waals surface area contributed by atoms with Crippen LogP contribution in [-0.4, -0.2) is 58.5 Å². The van der Waals surface area contributed by atoms with E-state index < -0.39 is 17.9 Å². The summed E-state index contributed by atoms with van der Waals surface area (Å²) in [7, 11) is 3.08. The molecule has 1 aromatic carbocycles. The maximum Gasteiger partial charge on any atom is 0.326 e. The molecule has 0 aliphatic carbocycles. The highest BCUT2D eigenvalue weighted by atomic mass is 32.2. The lowest BCUT2D eigenvalue weighted by Gasteiger charge is -2.22. The van der Waals surface area contributed by atoms with Gasteiger partial charge < -0.3 is 14.6 Å². The number of benzene rings is 1. The lowest BCUT2D eigenvalue weighted by Crippen LogP contribution is -2.44. The summed E-state index contributed by atoms with van der Waals surface area (Å²) in [6.07, 6.45) is 3.87. The number of hydrogen-bond donors (Lipinski definition) is 1. The molecule has 2 rings (SSSR count). The Balaban J connectivity index is 2.36. The first-order valence-corrected chi connectivity index (χ1v) is 10.3. The lowest BCUT2D eigenvalue weighted by atomic mass is 10.1. The predicted octanol–water partition coefficient (Wildman–Crippen LogP) is 3.11. The molecule has 9 heteroatoms. The summed E-state index contributed by atoms with van der Waals surface area (Å²) in [6, 6.07) is 4.27. The van der Waals surface area contributed by atoms with Crippen LogP contribution in [0.15, 0.2) is 23.1 Å². The van der Waals surface area contributed by atoms with Crippen molar-refractivity contribution in [2.24, 2.45) is 0 Å². The van der Waals surface area contributed by atoms with Crippen molar-refractivity contribution in [2.75, 3.05) is 26.2 Å². The molecular weight excluding hydrogens is 394 g/mol. The maximum absolute atomic E-state index is 12.8. The molecule has 1 heterocycles. The van der Waals surface area contributed by atoms with E-state index in [0.717, 1.165) is 11.8 Å². The molecule has 1 unspecified atom stereocenters. The second-order valence-corrected chi connectivity index (χ2v) is 7.96. The largest absolute Gasteiger partial charge is 0.497 e. The second-order valence-electron chi connectivity index (χ2n) is 5.30. The van der Waals surface area contributed by atoms with Gasteiger partial charge in [0, 0.05) is 5.56 Å². The molecule has 0 spiro atoms. The van der Waals surface area contributed by atoms with Gasteiger partial charge in [0.15, 0.2) is 0 Å². The first-order valence-electron chi connectivity index (χ1n) is 7.63. The van der Waals surface area contributed by atoms with E-state index in [1.165, 1.54) is 23.8 Å². The number of thiocarbonyl (C=S) groups is 1. The Labute approximate surface area is 165 Å². The Morgan fingerprint density at radius 2 is 2.15 bits per heavy atom. The van der Waals surface area contributed by atoms with Gasteiger partial charge >= 0.3 is 5.97 Å². The van der Waals surface area contributed by atoms with Crippen LogP contribution in [0, 0.1) is 0 Å². The highest BCUT2D eigenvalue weighted by molar-refractivity contribution is 8.26. The van der Waals surface area contributed by atoms with Crippen molar-refractivity contribution < 1.29 is 24.2 Å². The van der Waals surface area contributed by atoms with E-state index in [4.69, 9.17) is 21.7 Å². The summed E-state index contributed by atoms with van der Waals surface area (Å²) in [4.78, 5) is 25.9. The number of rotatable bonds is 8. The number of nitrogens with zero attached hydrogens (tertiary/aromatic N) is 1. The fourth-order valence-electron chi connectivity index (χ4n) is 2.43. The van der Waals surface area contributed by atoms with Crippen LogP contribution in [0.4, 0.5) is 0 Å². The van der Waals surface area contributed by atoms with Crippen molar-refractivity contribution in [3.05, 3.63) is 28.7 Å². The number of carboxylic acids is 1. The van der Waals surface area contributed by atoms with Crippen molar-refractivity contribution in [3.8, 4) is 11.5 Å². The first-order chi connectivity index (χ1) is 12.4. The summed E-state index contributed by atoms with van der Waals surface area (Å²) in [5.41, 5.74) is 0.656. The molecule has 0 radical (unpaired) electrons. The maximum atomic E-state index is 12.8. The summed E-state index contributed by atoms with van der Waals surface area (Å²) >= 11 is 7.88. The van der Waals surface area contributed by atoms with Gasteiger partial charge in [-0.05, 0) is 42.7 Å². The van der Waals surface area contributed by atoms with Gasteiger partial charge in [-0.2, -0.15) is 11.8 Å². The molecule has 0 saturated carbocycles. The van der Waals surface area contributed by atoms with Crippen LogP contribution >= 0.6 is 35.7 Å². The standard InChI is InChI=1S/C17H19NO5S3/c1-22-11-4-5-13(23-2)10(8-11)9-14-15(19)18(17(24)26-14)12(16(20)21)6-7-25-3/h4-5,8-9,12H,6-7H2,1-3H3,(H,20,21). The van der Waals surface area contributed by atoms with Crippen LogP contribution in [0.25, 0.3) is 6.08 Å². The van der Waals surface area contributed by atoms with Gasteiger partial charge in [-0.3, -0.25) is 9.69 Å². The van der Waals surface area contributed by atoms with Gasteiger partial charge in [-0.25, -0.2) is 4.79 Å². The van der Waals surface area contributed by atoms with Crippen LogP contribution in [0.5, 0.6) is 11.5 Å². The third kappa shape index (κ3) is 4.52. The lowest BCUT2D eigenvalue weighted by molar-refractivity contribution is -0.145. The van der Waals surface area contributed by atoms with Crippen molar-refractivity contribution in [1.29, 1.82) is 0 Å². The van der Waals surface area contributed by atoms with Crippen molar-refractivity contribution in [2.45, 2.75) is 12.5 Å². The summed E-state index contributed by atoms with van der Waals surface area (Å²) < 4.78 is 10.8. The van der Waals surface area contributed by atoms with E-state index in [9.17, 15) is 14.7 Å². The fraction of sp³-hybridized carbons (Fsp3) is 0.353. The predicted molar refractivity (Wildman–Crippen MR) is 109 cm³/mol. The molecule has 1 amide bonds. The molecule has 26 heavy (non-hydrogen) atoms. The summed E-state index contributed by atoms with van der Waals surface area (Å²) in [5.74, 6) is 0.356. The van der Waals surface area contributed by atoms with Crippen molar-refractivity contribution >= 4 is 58.0 Å². The van der Waals surface area contributed by atoms with Crippen molar-refractivity contribution in [3.63, 3.8) is 0 Å². The molecule has 1 atom stereocenters. The number of methoxy groups -OCH3 is 2. The Morgan fingerprint density at radius 1 is 1.42 bits per heavy atom. The Bertz CT molecular complexity index is 750. The number of amides is 1. The molecule has 1 N–H and O–H groups in total. The first kappa shape index (κ1) is 20.6. The Kier molecular flexibility index (Phi) is 7.36. The van der Waals surface area contributed by atoms with Gasteiger partial charge in [0.05, 0.1) is 19.1 Å². The number of carbonyl (C=O) groups is 2. The van der Waals surface area contributed by atoms with Crippen LogP contribution < -0.4 is 9.47 Å². The summed E-state index contributed by atoms with van der Waals surface area (Å²) in [6.45, 7) is 0. The number of hydrogen-bond acceptors (Lipinski definition) is 7. The Hall–Kier alpha value is -1.71. The minimum absolute atomic E-state index is 0.247. The van der Waals surface area contributed by atoms with E-state index in [1.807, 2.05) is 6.26 Å². The molecule has 6 nitrogen and oxygen atoms in total. The highest BCUT2D eigenvalue weighted by Crippen LogP contribution is 2.37. The molecule has 1 saturated heterocycles. The van der Waals surface area contributed by atoms with E-state index in [2.05, 4.69) is 0 Å². The van der Waals surface area contributed by atoms with Crippen LogP contribution in [0.1, 0.15) is 12.0 Å². The topological polar surface area (TPSA) is 76.1 Å². The van der Waals surface area contributed by atoms with Gasteiger partial charge in [0.1, 0.15) is 21.9 Å². The van der Waals surface area contributed by atoms with E-state index in [-0.39, 0.29) is 4.32 Å². The van der Waals surface area contributed by atoms with E-state index in [1.54, 1.807) is 31.4 Å². The molecule has 1 aliphatic rings. The monoisotopic (exact) mass is 413 g/mol. The SMILES string of the molecule is COc1ccc(OC)c(C=C2SC(=S)N(C(CCSC)C(=O)O)C2=O)c1.